The molecule has 0 bridgehead atoms. The Hall–Kier alpha value is -5.47. The van der Waals surface area contributed by atoms with Crippen LogP contribution in [0.25, 0.3) is 33.7 Å². The Bertz CT molecular complexity index is 2460. The molecule has 1 aliphatic heterocycles. The molecule has 1 amide bonds. The Morgan fingerprint density at radius 2 is 1.58 bits per heavy atom. The van der Waals surface area contributed by atoms with Crippen molar-refractivity contribution in [3.8, 4) is 22.6 Å². The summed E-state index contributed by atoms with van der Waals surface area (Å²) in [5.41, 5.74) is 8.11. The number of methoxy groups -OCH3 is 1. The van der Waals surface area contributed by atoms with Crippen molar-refractivity contribution in [2.24, 2.45) is 4.99 Å². The Balaban J connectivity index is 1.40. The smallest absolute Gasteiger partial charge is 0.271 e. The lowest BCUT2D eigenvalue weighted by Crippen LogP contribution is -2.43. The van der Waals surface area contributed by atoms with E-state index in [0.29, 0.717) is 39.4 Å². The van der Waals surface area contributed by atoms with E-state index in [0.717, 1.165) is 44.5 Å². The summed E-state index contributed by atoms with van der Waals surface area (Å²) in [5.74, 6) is 0.483. The van der Waals surface area contributed by atoms with E-state index in [-0.39, 0.29) is 11.5 Å². The number of fused-ring (bicyclic) bond motifs is 2. The monoisotopic (exact) mass is 680 g/mol. The molecule has 0 aliphatic carbocycles. The molecule has 2 aromatic heterocycles. The first-order valence-corrected chi connectivity index (χ1v) is 17.8. The molecule has 252 valence electrons. The molecular weight excluding hydrogens is 641 g/mol. The topological polar surface area (TPSA) is 68.8 Å². The fraction of sp³-hybridized carbons (Fsp3) is 0.214. The van der Waals surface area contributed by atoms with Crippen molar-refractivity contribution >= 4 is 34.1 Å². The molecule has 1 aliphatic rings. The van der Waals surface area contributed by atoms with Gasteiger partial charge in [0.2, 0.25) is 0 Å². The van der Waals surface area contributed by atoms with Gasteiger partial charge in [-0.05, 0) is 92.4 Å². The van der Waals surface area contributed by atoms with E-state index in [9.17, 15) is 9.59 Å². The maximum absolute atomic E-state index is 14.7. The quantitative estimate of drug-likeness (QED) is 0.169. The lowest BCUT2D eigenvalue weighted by Gasteiger charge is -2.30. The van der Waals surface area contributed by atoms with E-state index in [4.69, 9.17) is 9.73 Å². The van der Waals surface area contributed by atoms with Crippen LogP contribution in [0.15, 0.2) is 118 Å². The summed E-state index contributed by atoms with van der Waals surface area (Å²) in [6.07, 6.45) is 1.96. The van der Waals surface area contributed by atoms with Crippen LogP contribution in [0, 0.1) is 13.8 Å². The number of ether oxygens (including phenoxy) is 1. The molecule has 7 nitrogen and oxygen atoms in total. The zero-order chi connectivity index (χ0) is 35.1. The minimum atomic E-state index is -0.724. The first-order chi connectivity index (χ1) is 24.2. The SMILES string of the molecule is CCN(CC)C(=O)C1=C(C)N=c2s/c(=C/c3cc(C)n(-c4ccc(-c5ccccc5)cc4)c3C)c(=O)n2[C@@H]1c1c(OC)ccc2ccccc12. The third-order valence-electron chi connectivity index (χ3n) is 9.72. The van der Waals surface area contributed by atoms with Gasteiger partial charge in [-0.15, -0.1) is 0 Å². The van der Waals surface area contributed by atoms with E-state index in [1.54, 1.807) is 16.6 Å². The second kappa shape index (κ2) is 13.4. The second-order valence-corrected chi connectivity index (χ2v) is 13.5. The number of allylic oxidation sites excluding steroid dienone is 1. The summed E-state index contributed by atoms with van der Waals surface area (Å²) in [6.45, 7) is 11.0. The maximum Gasteiger partial charge on any atom is 0.271 e. The first kappa shape index (κ1) is 33.0. The van der Waals surface area contributed by atoms with Crippen molar-refractivity contribution in [3.63, 3.8) is 0 Å². The molecule has 0 saturated heterocycles. The highest BCUT2D eigenvalue weighted by atomic mass is 32.1. The first-order valence-electron chi connectivity index (χ1n) is 17.0. The summed E-state index contributed by atoms with van der Waals surface area (Å²) in [7, 11) is 1.63. The van der Waals surface area contributed by atoms with E-state index < -0.39 is 6.04 Å². The Morgan fingerprint density at radius 3 is 2.28 bits per heavy atom. The molecule has 8 heteroatoms. The molecule has 0 radical (unpaired) electrons. The van der Waals surface area contributed by atoms with Crippen LogP contribution in [0.3, 0.4) is 0 Å². The number of rotatable bonds is 8. The predicted molar refractivity (Wildman–Crippen MR) is 203 cm³/mol. The summed E-state index contributed by atoms with van der Waals surface area (Å²) < 4.78 is 10.4. The molecule has 7 rings (SSSR count). The van der Waals surface area contributed by atoms with Crippen LogP contribution in [0.2, 0.25) is 0 Å². The normalized spacial score (nSPS) is 14.5. The van der Waals surface area contributed by atoms with Gasteiger partial charge in [-0.1, -0.05) is 84.1 Å². The van der Waals surface area contributed by atoms with E-state index >= 15 is 0 Å². The van der Waals surface area contributed by atoms with Crippen molar-refractivity contribution in [3.05, 3.63) is 151 Å². The number of aryl methyl sites for hydroxylation is 1. The Labute approximate surface area is 295 Å². The van der Waals surface area contributed by atoms with Crippen LogP contribution in [0.1, 0.15) is 49.3 Å². The van der Waals surface area contributed by atoms with Gasteiger partial charge in [0.25, 0.3) is 11.5 Å². The number of hydrogen-bond donors (Lipinski definition) is 0. The summed E-state index contributed by atoms with van der Waals surface area (Å²) >= 11 is 1.35. The molecule has 0 N–H and O–H groups in total. The van der Waals surface area contributed by atoms with E-state index in [2.05, 4.69) is 60.9 Å². The van der Waals surface area contributed by atoms with Crippen LogP contribution in [0.4, 0.5) is 0 Å². The molecule has 50 heavy (non-hydrogen) atoms. The van der Waals surface area contributed by atoms with Gasteiger partial charge in [0.1, 0.15) is 11.8 Å². The molecule has 6 aromatic rings. The molecule has 1 atom stereocenters. The highest BCUT2D eigenvalue weighted by Gasteiger charge is 2.36. The summed E-state index contributed by atoms with van der Waals surface area (Å²) in [5, 5.41) is 1.92. The zero-order valence-corrected chi connectivity index (χ0v) is 30.0. The van der Waals surface area contributed by atoms with Crippen molar-refractivity contribution < 1.29 is 9.53 Å². The third kappa shape index (κ3) is 5.59. The van der Waals surface area contributed by atoms with Gasteiger partial charge in [-0.2, -0.15) is 0 Å². The van der Waals surface area contributed by atoms with E-state index in [1.165, 1.54) is 16.9 Å². The van der Waals surface area contributed by atoms with Gasteiger partial charge in [-0.3, -0.25) is 14.2 Å². The minimum absolute atomic E-state index is 0.132. The van der Waals surface area contributed by atoms with Gasteiger partial charge in [-0.25, -0.2) is 4.99 Å². The number of carbonyl (C=O) groups is 1. The third-order valence-corrected chi connectivity index (χ3v) is 10.7. The van der Waals surface area contributed by atoms with Crippen molar-refractivity contribution in [1.29, 1.82) is 0 Å². The Morgan fingerprint density at radius 1 is 0.900 bits per heavy atom. The van der Waals surface area contributed by atoms with Crippen LogP contribution in [-0.2, 0) is 4.79 Å². The highest BCUT2D eigenvalue weighted by Crippen LogP contribution is 2.40. The number of aromatic nitrogens is 2. The fourth-order valence-electron chi connectivity index (χ4n) is 7.19. The number of likely N-dealkylation sites (N-methyl/N-ethyl adjacent to an activating group) is 1. The van der Waals surface area contributed by atoms with Crippen LogP contribution >= 0.6 is 11.3 Å². The average molecular weight is 681 g/mol. The highest BCUT2D eigenvalue weighted by molar-refractivity contribution is 7.07. The van der Waals surface area contributed by atoms with Gasteiger partial charge >= 0.3 is 0 Å². The van der Waals surface area contributed by atoms with Crippen molar-refractivity contribution in [2.75, 3.05) is 20.2 Å². The summed E-state index contributed by atoms with van der Waals surface area (Å²) in [4.78, 5) is 36.2. The molecule has 0 unspecified atom stereocenters. The minimum Gasteiger partial charge on any atom is -0.496 e. The maximum atomic E-state index is 14.7. The largest absolute Gasteiger partial charge is 0.496 e. The van der Waals surface area contributed by atoms with Gasteiger partial charge in [0, 0.05) is 35.7 Å². The summed E-state index contributed by atoms with van der Waals surface area (Å²) in [6, 6.07) is 32.2. The Kier molecular flexibility index (Phi) is 8.89. The van der Waals surface area contributed by atoms with Gasteiger partial charge < -0.3 is 14.2 Å². The second-order valence-electron chi connectivity index (χ2n) is 12.5. The van der Waals surface area contributed by atoms with Crippen LogP contribution in [0.5, 0.6) is 5.75 Å². The van der Waals surface area contributed by atoms with Gasteiger partial charge in [0.05, 0.1) is 22.9 Å². The number of benzene rings is 4. The average Bonchev–Trinajstić information content (AvgIpc) is 3.60. The lowest BCUT2D eigenvalue weighted by molar-refractivity contribution is -0.127. The van der Waals surface area contributed by atoms with Crippen LogP contribution in [-0.4, -0.2) is 40.1 Å². The number of nitrogens with zero attached hydrogens (tertiary/aromatic N) is 4. The molecule has 0 fully saturated rings. The van der Waals surface area contributed by atoms with E-state index in [1.807, 2.05) is 81.4 Å². The zero-order valence-electron chi connectivity index (χ0n) is 29.2. The molecular formula is C42H40N4O3S. The standard InChI is InChI=1S/C42H40N4O3S/c1-7-44(8-2)41(48)37-27(4)43-42-46(39(37)38-34-17-13-12-16-31(34)20-23-35(38)49-6)40(47)36(50-42)25-32-24-26(3)45(28(32)5)33-21-18-30(19-22-33)29-14-10-9-11-15-29/h9-25,39H,7-8H2,1-6H3/b36-25+/t39-/m0/s1. The lowest BCUT2D eigenvalue weighted by atomic mass is 9.90. The van der Waals surface area contributed by atoms with Crippen LogP contribution < -0.4 is 19.6 Å². The number of hydrogen-bond acceptors (Lipinski definition) is 5. The predicted octanol–water partition coefficient (Wildman–Crippen LogP) is 7.34. The fourth-order valence-corrected chi connectivity index (χ4v) is 8.23. The van der Waals surface area contributed by atoms with Crippen molar-refractivity contribution in [2.45, 2.75) is 40.7 Å². The number of thiazole rings is 1. The molecule has 0 spiro atoms. The van der Waals surface area contributed by atoms with Crippen molar-refractivity contribution in [1.82, 2.24) is 14.0 Å². The number of carbonyl (C=O) groups excluding carboxylic acids is 1. The number of amides is 1. The molecule has 4 aromatic carbocycles. The van der Waals surface area contributed by atoms with Gasteiger partial charge in [0.15, 0.2) is 4.80 Å². The molecule has 3 heterocycles. The molecule has 0 saturated carbocycles.